The van der Waals surface area contributed by atoms with Crippen molar-refractivity contribution < 1.29 is 9.53 Å². The van der Waals surface area contributed by atoms with E-state index < -0.39 is 0 Å². The molecule has 1 aromatic carbocycles. The van der Waals surface area contributed by atoms with Gasteiger partial charge in [-0.05, 0) is 18.1 Å². The van der Waals surface area contributed by atoms with Gasteiger partial charge in [0.25, 0.3) is 0 Å². The number of ether oxygens (including phenoxy) is 1. The number of aromatic amines is 1. The first-order chi connectivity index (χ1) is 13.8. The number of piperazine rings is 1. The van der Waals surface area contributed by atoms with Crippen molar-refractivity contribution >= 4 is 16.9 Å². The van der Waals surface area contributed by atoms with E-state index in [4.69, 9.17) is 4.74 Å². The number of para-hydroxylation sites is 1. The summed E-state index contributed by atoms with van der Waals surface area (Å²) in [5.74, 6) is 0. The lowest BCUT2D eigenvalue weighted by molar-refractivity contribution is 0.0309. The predicted molar refractivity (Wildman–Crippen MR) is 111 cm³/mol. The summed E-state index contributed by atoms with van der Waals surface area (Å²) in [4.78, 5) is 22.6. The molecule has 2 N–H and O–H groups in total. The van der Waals surface area contributed by atoms with Crippen molar-refractivity contribution in [2.75, 3.05) is 72.1 Å². The van der Waals surface area contributed by atoms with Gasteiger partial charge in [-0.15, -0.1) is 0 Å². The molecular formula is C21H31N5O2. The maximum atomic E-state index is 12.5. The molecule has 0 atom stereocenters. The Morgan fingerprint density at radius 2 is 1.71 bits per heavy atom. The average molecular weight is 386 g/mol. The Morgan fingerprint density at radius 3 is 2.50 bits per heavy atom. The summed E-state index contributed by atoms with van der Waals surface area (Å²) < 4.78 is 5.40. The number of amides is 2. The van der Waals surface area contributed by atoms with E-state index in [-0.39, 0.29) is 6.03 Å². The van der Waals surface area contributed by atoms with Crippen molar-refractivity contribution in [3.05, 3.63) is 36.0 Å². The van der Waals surface area contributed by atoms with Gasteiger partial charge in [-0.25, -0.2) is 4.79 Å². The van der Waals surface area contributed by atoms with Crippen LogP contribution in [-0.4, -0.2) is 97.8 Å². The predicted octanol–water partition coefficient (Wildman–Crippen LogP) is 1.37. The van der Waals surface area contributed by atoms with Gasteiger partial charge < -0.3 is 19.9 Å². The molecule has 2 saturated heterocycles. The number of carbonyl (C=O) groups excluding carboxylic acids is 1. The van der Waals surface area contributed by atoms with Crippen LogP contribution in [0.1, 0.15) is 5.56 Å². The minimum atomic E-state index is 0.0627. The number of rotatable bonds is 6. The first kappa shape index (κ1) is 19.2. The maximum absolute atomic E-state index is 12.5. The summed E-state index contributed by atoms with van der Waals surface area (Å²) >= 11 is 0. The zero-order chi connectivity index (χ0) is 19.2. The molecule has 1 aromatic heterocycles. The molecule has 2 aliphatic rings. The Hall–Kier alpha value is -2.09. The molecule has 2 fully saturated rings. The number of fused-ring (bicyclic) bond motifs is 1. The first-order valence-electron chi connectivity index (χ1n) is 10.4. The minimum Gasteiger partial charge on any atom is -0.379 e. The Kier molecular flexibility index (Phi) is 6.46. The van der Waals surface area contributed by atoms with Gasteiger partial charge in [-0.3, -0.25) is 9.80 Å². The Labute approximate surface area is 166 Å². The van der Waals surface area contributed by atoms with E-state index in [9.17, 15) is 4.79 Å². The number of hydrogen-bond acceptors (Lipinski definition) is 4. The van der Waals surface area contributed by atoms with E-state index in [0.29, 0.717) is 6.54 Å². The highest BCUT2D eigenvalue weighted by atomic mass is 16.5. The lowest BCUT2D eigenvalue weighted by Crippen LogP contribution is -2.53. The second kappa shape index (κ2) is 9.41. The Morgan fingerprint density at radius 1 is 1.00 bits per heavy atom. The molecule has 152 valence electrons. The highest BCUT2D eigenvalue weighted by Crippen LogP contribution is 2.17. The van der Waals surface area contributed by atoms with E-state index in [1.165, 1.54) is 10.9 Å². The topological polar surface area (TPSA) is 63.8 Å². The molecule has 2 aromatic rings. The van der Waals surface area contributed by atoms with Gasteiger partial charge in [0.2, 0.25) is 0 Å². The molecule has 7 nitrogen and oxygen atoms in total. The molecule has 0 spiro atoms. The fraction of sp³-hybridized carbons (Fsp3) is 0.571. The van der Waals surface area contributed by atoms with E-state index in [1.54, 1.807) is 0 Å². The number of nitrogens with one attached hydrogen (secondary N) is 2. The maximum Gasteiger partial charge on any atom is 0.317 e. The third-order valence-electron chi connectivity index (χ3n) is 5.84. The summed E-state index contributed by atoms with van der Waals surface area (Å²) in [5.41, 5.74) is 2.40. The van der Waals surface area contributed by atoms with Gasteiger partial charge in [0.15, 0.2) is 0 Å². The van der Waals surface area contributed by atoms with Crippen molar-refractivity contribution in [3.8, 4) is 0 Å². The van der Waals surface area contributed by atoms with E-state index >= 15 is 0 Å². The van der Waals surface area contributed by atoms with Crippen molar-refractivity contribution in [1.82, 2.24) is 25.0 Å². The van der Waals surface area contributed by atoms with Gasteiger partial charge in [0.05, 0.1) is 13.2 Å². The largest absolute Gasteiger partial charge is 0.379 e. The average Bonchev–Trinajstić information content (AvgIpc) is 3.16. The Balaban J connectivity index is 1.15. The van der Waals surface area contributed by atoms with E-state index in [2.05, 4.69) is 38.3 Å². The van der Waals surface area contributed by atoms with Crippen molar-refractivity contribution in [2.24, 2.45) is 0 Å². The molecule has 2 amide bonds. The summed E-state index contributed by atoms with van der Waals surface area (Å²) in [6.45, 7) is 10.2. The zero-order valence-electron chi connectivity index (χ0n) is 16.5. The SMILES string of the molecule is O=C(NCCc1c[nH]c2ccccc12)N1CCN(CCN2CCOCC2)CC1. The van der Waals surface area contributed by atoms with Crippen LogP contribution in [0, 0.1) is 0 Å². The molecule has 0 bridgehead atoms. The third-order valence-corrected chi connectivity index (χ3v) is 5.84. The normalized spacial score (nSPS) is 19.2. The van der Waals surface area contributed by atoms with Gasteiger partial charge in [0.1, 0.15) is 0 Å². The highest BCUT2D eigenvalue weighted by Gasteiger charge is 2.21. The zero-order valence-corrected chi connectivity index (χ0v) is 16.5. The molecular weight excluding hydrogens is 354 g/mol. The van der Waals surface area contributed by atoms with Crippen molar-refractivity contribution in [2.45, 2.75) is 6.42 Å². The fourth-order valence-electron chi connectivity index (χ4n) is 4.04. The molecule has 0 unspecified atom stereocenters. The highest BCUT2D eigenvalue weighted by molar-refractivity contribution is 5.83. The first-order valence-corrected chi connectivity index (χ1v) is 10.4. The minimum absolute atomic E-state index is 0.0627. The number of benzene rings is 1. The van der Waals surface area contributed by atoms with Crippen LogP contribution >= 0.6 is 0 Å². The molecule has 2 aliphatic heterocycles. The molecule has 0 aliphatic carbocycles. The summed E-state index contributed by atoms with van der Waals surface area (Å²) in [6.07, 6.45) is 2.89. The van der Waals surface area contributed by atoms with Crippen molar-refractivity contribution in [3.63, 3.8) is 0 Å². The van der Waals surface area contributed by atoms with Gasteiger partial charge in [-0.2, -0.15) is 0 Å². The van der Waals surface area contributed by atoms with E-state index in [1.807, 2.05) is 17.2 Å². The summed E-state index contributed by atoms with van der Waals surface area (Å²) in [5, 5.41) is 4.33. The second-order valence-electron chi connectivity index (χ2n) is 7.62. The van der Waals surface area contributed by atoms with Crippen LogP contribution < -0.4 is 5.32 Å². The number of hydrogen-bond donors (Lipinski definition) is 2. The van der Waals surface area contributed by atoms with Crippen LogP contribution in [0.15, 0.2) is 30.5 Å². The molecule has 0 saturated carbocycles. The number of morpholine rings is 1. The van der Waals surface area contributed by atoms with Gasteiger partial charge >= 0.3 is 6.03 Å². The van der Waals surface area contributed by atoms with Crippen LogP contribution in [0.25, 0.3) is 10.9 Å². The van der Waals surface area contributed by atoms with Crippen LogP contribution in [-0.2, 0) is 11.2 Å². The lowest BCUT2D eigenvalue weighted by Gasteiger charge is -2.36. The lowest BCUT2D eigenvalue weighted by atomic mass is 10.1. The number of urea groups is 1. The van der Waals surface area contributed by atoms with Crippen LogP contribution in [0.2, 0.25) is 0 Å². The van der Waals surface area contributed by atoms with Crippen LogP contribution in [0.3, 0.4) is 0 Å². The molecule has 7 heteroatoms. The van der Waals surface area contributed by atoms with Gasteiger partial charge in [-0.1, -0.05) is 18.2 Å². The molecule has 4 rings (SSSR count). The number of aromatic nitrogens is 1. The summed E-state index contributed by atoms with van der Waals surface area (Å²) in [6, 6.07) is 8.35. The van der Waals surface area contributed by atoms with Crippen LogP contribution in [0.4, 0.5) is 4.79 Å². The van der Waals surface area contributed by atoms with Crippen molar-refractivity contribution in [1.29, 1.82) is 0 Å². The quantitative estimate of drug-likeness (QED) is 0.788. The van der Waals surface area contributed by atoms with E-state index in [0.717, 1.165) is 77.5 Å². The van der Waals surface area contributed by atoms with Gasteiger partial charge in [0, 0.05) is 76.0 Å². The number of carbonyl (C=O) groups is 1. The number of H-pyrrole nitrogens is 1. The third kappa shape index (κ3) is 4.84. The molecule has 3 heterocycles. The molecule has 28 heavy (non-hydrogen) atoms. The smallest absolute Gasteiger partial charge is 0.317 e. The standard InChI is InChI=1S/C21H31N5O2/c27-21(22-6-5-18-17-23-20-4-2-1-3-19(18)20)26-11-9-24(10-12-26)7-8-25-13-15-28-16-14-25/h1-4,17,23H,5-16H2,(H,22,27). The summed E-state index contributed by atoms with van der Waals surface area (Å²) in [7, 11) is 0. The molecule has 0 radical (unpaired) electrons. The monoisotopic (exact) mass is 385 g/mol. The number of nitrogens with zero attached hydrogens (tertiary/aromatic N) is 3. The van der Waals surface area contributed by atoms with Crippen LogP contribution in [0.5, 0.6) is 0 Å². The fourth-order valence-corrected chi connectivity index (χ4v) is 4.04. The second-order valence-corrected chi connectivity index (χ2v) is 7.62. The Bertz CT molecular complexity index is 763.